The number of rotatable bonds is 4. The molecule has 0 radical (unpaired) electrons. The van der Waals surface area contributed by atoms with Crippen molar-refractivity contribution in [1.82, 2.24) is 10.2 Å². The van der Waals surface area contributed by atoms with Crippen molar-refractivity contribution in [2.45, 2.75) is 18.0 Å². The highest BCUT2D eigenvalue weighted by Crippen LogP contribution is 2.57. The Labute approximate surface area is 189 Å². The number of carbonyl (C=O) groups is 4. The van der Waals surface area contributed by atoms with E-state index >= 15 is 0 Å². The molecule has 3 saturated heterocycles. The Bertz CT molecular complexity index is 1140. The fourth-order valence-corrected chi connectivity index (χ4v) is 5.65. The molecule has 0 aromatic heterocycles. The summed E-state index contributed by atoms with van der Waals surface area (Å²) in [6.45, 7) is 0.695. The van der Waals surface area contributed by atoms with Crippen LogP contribution in [0.1, 0.15) is 18.0 Å². The Morgan fingerprint density at radius 3 is 2.45 bits per heavy atom. The summed E-state index contributed by atoms with van der Waals surface area (Å²) < 4.78 is 18.4. The predicted molar refractivity (Wildman–Crippen MR) is 114 cm³/mol. The van der Waals surface area contributed by atoms with Crippen LogP contribution in [0.2, 0.25) is 0 Å². The first-order valence-electron chi connectivity index (χ1n) is 10.7. The summed E-state index contributed by atoms with van der Waals surface area (Å²) in [6.07, 6.45) is -0.365. The molecule has 0 unspecified atom stereocenters. The Hall–Kier alpha value is -3.59. The average molecular weight is 451 g/mol. The van der Waals surface area contributed by atoms with Gasteiger partial charge in [0.1, 0.15) is 11.4 Å². The van der Waals surface area contributed by atoms with E-state index in [1.807, 2.05) is 35.2 Å². The lowest BCUT2D eigenvalue weighted by Crippen LogP contribution is -2.67. The maximum Gasteiger partial charge on any atom is 0.307 e. The van der Waals surface area contributed by atoms with Crippen LogP contribution in [-0.4, -0.2) is 54.3 Å². The molecule has 3 amide bonds. The zero-order valence-corrected chi connectivity index (χ0v) is 17.9. The molecule has 0 aliphatic carbocycles. The number of benzene rings is 2. The van der Waals surface area contributed by atoms with Gasteiger partial charge in [-0.3, -0.25) is 24.1 Å². The van der Waals surface area contributed by atoms with Crippen LogP contribution >= 0.6 is 0 Å². The van der Waals surface area contributed by atoms with Gasteiger partial charge in [-0.15, -0.1) is 0 Å². The van der Waals surface area contributed by atoms with E-state index in [0.29, 0.717) is 13.1 Å². The summed E-state index contributed by atoms with van der Waals surface area (Å²) in [5.41, 5.74) is -0.572. The molecule has 170 valence electrons. The number of carbonyl (C=O) groups excluding carboxylic acids is 4. The molecule has 0 spiro atoms. The number of halogens is 1. The lowest BCUT2D eigenvalue weighted by Gasteiger charge is -2.45. The van der Waals surface area contributed by atoms with Crippen molar-refractivity contribution in [2.24, 2.45) is 11.8 Å². The van der Waals surface area contributed by atoms with Crippen LogP contribution in [0.5, 0.6) is 0 Å². The fraction of sp³-hybridized carbons (Fsp3) is 0.333. The molecule has 3 fully saturated rings. The molecule has 5 rings (SSSR count). The molecule has 8 nitrogen and oxygen atoms in total. The van der Waals surface area contributed by atoms with Crippen molar-refractivity contribution >= 4 is 29.4 Å². The SMILES string of the molecule is COC(=O)C[C@]12C(=O)NCCN1[C@@H](c1ccccc1)[C@@H]1C(=O)N(c3ccc(F)cc3)C(=O)[C@@H]12. The van der Waals surface area contributed by atoms with E-state index in [0.717, 1.165) is 10.5 Å². The van der Waals surface area contributed by atoms with Crippen LogP contribution < -0.4 is 10.2 Å². The van der Waals surface area contributed by atoms with E-state index in [1.165, 1.54) is 31.4 Å². The zero-order chi connectivity index (χ0) is 23.3. The number of methoxy groups -OCH3 is 1. The number of imide groups is 1. The van der Waals surface area contributed by atoms with Gasteiger partial charge in [0, 0.05) is 19.1 Å². The van der Waals surface area contributed by atoms with Crippen LogP contribution in [0.3, 0.4) is 0 Å². The first-order valence-corrected chi connectivity index (χ1v) is 10.7. The third-order valence-electron chi connectivity index (χ3n) is 6.95. The van der Waals surface area contributed by atoms with Gasteiger partial charge in [0.05, 0.1) is 31.1 Å². The average Bonchev–Trinajstić information content (AvgIpc) is 3.26. The van der Waals surface area contributed by atoms with Crippen LogP contribution in [0, 0.1) is 17.7 Å². The van der Waals surface area contributed by atoms with Crippen LogP contribution in [0.4, 0.5) is 10.1 Å². The summed E-state index contributed by atoms with van der Waals surface area (Å²) in [5, 5.41) is 2.79. The van der Waals surface area contributed by atoms with Crippen LogP contribution in [0.25, 0.3) is 0 Å². The predicted octanol–water partition coefficient (Wildman–Crippen LogP) is 1.42. The highest BCUT2D eigenvalue weighted by Gasteiger charge is 2.73. The minimum absolute atomic E-state index is 0.226. The van der Waals surface area contributed by atoms with Crippen molar-refractivity contribution in [3.8, 4) is 0 Å². The fourth-order valence-electron chi connectivity index (χ4n) is 5.65. The van der Waals surface area contributed by atoms with Gasteiger partial charge >= 0.3 is 5.97 Å². The molecule has 2 aromatic rings. The molecule has 3 heterocycles. The summed E-state index contributed by atoms with van der Waals surface area (Å²) in [6, 6.07) is 13.7. The molecule has 3 aliphatic heterocycles. The minimum atomic E-state index is -1.57. The van der Waals surface area contributed by atoms with Gasteiger partial charge in [-0.1, -0.05) is 30.3 Å². The standard InChI is InChI=1S/C24H22FN3O5/c1-33-17(29)13-24-19-18(21(30)28(22(19)31)16-9-7-15(25)8-10-16)20(14-5-3-2-4-6-14)27(24)12-11-26-23(24)32/h2-10,18-20H,11-13H2,1H3,(H,26,32)/t18-,19-,20+,24+/m1/s1. The molecule has 1 N–H and O–H groups in total. The molecule has 4 atom stereocenters. The quantitative estimate of drug-likeness (QED) is 0.558. The number of esters is 1. The molecule has 33 heavy (non-hydrogen) atoms. The van der Waals surface area contributed by atoms with Gasteiger partial charge in [0.15, 0.2) is 0 Å². The molecule has 9 heteroatoms. The van der Waals surface area contributed by atoms with Gasteiger partial charge in [-0.05, 0) is 29.8 Å². The van der Waals surface area contributed by atoms with Crippen molar-refractivity contribution in [3.63, 3.8) is 0 Å². The number of anilines is 1. The minimum Gasteiger partial charge on any atom is -0.469 e. The molecule has 0 bridgehead atoms. The largest absolute Gasteiger partial charge is 0.469 e. The summed E-state index contributed by atoms with van der Waals surface area (Å²) >= 11 is 0. The number of amides is 3. The summed E-state index contributed by atoms with van der Waals surface area (Å²) in [7, 11) is 1.22. The van der Waals surface area contributed by atoms with Gasteiger partial charge in [0.25, 0.3) is 0 Å². The first kappa shape index (κ1) is 21.3. The third-order valence-corrected chi connectivity index (χ3v) is 6.95. The van der Waals surface area contributed by atoms with E-state index in [2.05, 4.69) is 5.32 Å². The second-order valence-electron chi connectivity index (χ2n) is 8.47. The smallest absolute Gasteiger partial charge is 0.307 e. The Balaban J connectivity index is 1.70. The Morgan fingerprint density at radius 1 is 1.09 bits per heavy atom. The number of nitrogens with zero attached hydrogens (tertiary/aromatic N) is 2. The molecule has 0 saturated carbocycles. The molecule has 3 aliphatic rings. The number of piperazine rings is 1. The highest BCUT2D eigenvalue weighted by atomic mass is 19.1. The van der Waals surface area contributed by atoms with Gasteiger partial charge in [-0.25, -0.2) is 9.29 Å². The van der Waals surface area contributed by atoms with Crippen molar-refractivity contribution < 1.29 is 28.3 Å². The van der Waals surface area contributed by atoms with Gasteiger partial charge in [0.2, 0.25) is 17.7 Å². The maximum absolute atomic E-state index is 13.8. The molecule has 2 aromatic carbocycles. The van der Waals surface area contributed by atoms with Crippen molar-refractivity contribution in [1.29, 1.82) is 0 Å². The number of hydrogen-bond acceptors (Lipinski definition) is 6. The van der Waals surface area contributed by atoms with Gasteiger partial charge < -0.3 is 10.1 Å². The number of hydrogen-bond donors (Lipinski definition) is 1. The maximum atomic E-state index is 13.8. The van der Waals surface area contributed by atoms with E-state index in [9.17, 15) is 23.6 Å². The summed E-state index contributed by atoms with van der Waals surface area (Å²) in [5.74, 6) is -4.67. The second kappa shape index (κ2) is 7.77. The zero-order valence-electron chi connectivity index (χ0n) is 17.9. The Kier molecular flexibility index (Phi) is 5.01. The number of ether oxygens (including phenoxy) is 1. The van der Waals surface area contributed by atoms with E-state index < -0.39 is 52.9 Å². The van der Waals surface area contributed by atoms with Crippen molar-refractivity contribution in [2.75, 3.05) is 25.1 Å². The normalized spacial score (nSPS) is 29.0. The van der Waals surface area contributed by atoms with E-state index in [1.54, 1.807) is 0 Å². The molecular weight excluding hydrogens is 429 g/mol. The Morgan fingerprint density at radius 2 is 1.79 bits per heavy atom. The first-order chi connectivity index (χ1) is 15.9. The van der Waals surface area contributed by atoms with Crippen molar-refractivity contribution in [3.05, 3.63) is 66.0 Å². The topological polar surface area (TPSA) is 96.0 Å². The second-order valence-corrected chi connectivity index (χ2v) is 8.47. The van der Waals surface area contributed by atoms with Crippen LogP contribution in [0.15, 0.2) is 54.6 Å². The van der Waals surface area contributed by atoms with E-state index in [4.69, 9.17) is 4.74 Å². The van der Waals surface area contributed by atoms with Crippen LogP contribution in [-0.2, 0) is 23.9 Å². The van der Waals surface area contributed by atoms with Gasteiger partial charge in [-0.2, -0.15) is 0 Å². The highest BCUT2D eigenvalue weighted by molar-refractivity contribution is 6.24. The third kappa shape index (κ3) is 2.99. The number of fused-ring (bicyclic) bond motifs is 3. The number of nitrogens with one attached hydrogen (secondary N) is 1. The molecular formula is C24H22FN3O5. The van der Waals surface area contributed by atoms with E-state index in [-0.39, 0.29) is 12.1 Å². The monoisotopic (exact) mass is 451 g/mol. The summed E-state index contributed by atoms with van der Waals surface area (Å²) in [4.78, 5) is 56.3. The lowest BCUT2D eigenvalue weighted by atomic mass is 9.76. The lowest BCUT2D eigenvalue weighted by molar-refractivity contribution is -0.154.